The van der Waals surface area contributed by atoms with Crippen LogP contribution in [0.2, 0.25) is 5.15 Å². The Morgan fingerprint density at radius 2 is 2.00 bits per heavy atom. The van der Waals surface area contributed by atoms with Crippen LogP contribution in [0.15, 0.2) is 6.20 Å². The molecule has 0 bridgehead atoms. The van der Waals surface area contributed by atoms with Crippen molar-refractivity contribution in [3.63, 3.8) is 0 Å². The molecule has 0 saturated heterocycles. The van der Waals surface area contributed by atoms with Crippen molar-refractivity contribution in [3.05, 3.63) is 28.3 Å². The van der Waals surface area contributed by atoms with Crippen LogP contribution < -0.4 is 0 Å². The van der Waals surface area contributed by atoms with Crippen LogP contribution in [-0.4, -0.2) is 19.7 Å². The molecule has 0 amide bonds. The van der Waals surface area contributed by atoms with Crippen molar-refractivity contribution in [3.8, 4) is 11.4 Å². The van der Waals surface area contributed by atoms with E-state index < -0.39 is 0 Å². The summed E-state index contributed by atoms with van der Waals surface area (Å²) in [5.41, 5.74) is 4.14. The second-order valence-electron chi connectivity index (χ2n) is 4.77. The summed E-state index contributed by atoms with van der Waals surface area (Å²) in [7, 11) is 1.90. The summed E-state index contributed by atoms with van der Waals surface area (Å²) in [6.07, 6.45) is 6.31. The van der Waals surface area contributed by atoms with Gasteiger partial charge in [-0.2, -0.15) is 5.10 Å². The highest BCUT2D eigenvalue weighted by Gasteiger charge is 2.18. The lowest BCUT2D eigenvalue weighted by Gasteiger charge is -2.16. The van der Waals surface area contributed by atoms with E-state index in [4.69, 9.17) is 11.6 Å². The van der Waals surface area contributed by atoms with E-state index in [1.807, 2.05) is 20.2 Å². The molecule has 5 heteroatoms. The molecule has 0 aromatic carbocycles. The third kappa shape index (κ3) is 1.90. The molecule has 0 fully saturated rings. The van der Waals surface area contributed by atoms with Gasteiger partial charge < -0.3 is 0 Å². The van der Waals surface area contributed by atoms with E-state index in [2.05, 4.69) is 15.1 Å². The Morgan fingerprint density at radius 3 is 2.72 bits per heavy atom. The quantitative estimate of drug-likeness (QED) is 0.742. The largest absolute Gasteiger partial charge is 0.275 e. The molecule has 1 aliphatic rings. The molecule has 0 unspecified atom stereocenters. The first-order chi connectivity index (χ1) is 8.65. The molecular weight excluding hydrogens is 248 g/mol. The molecule has 0 radical (unpaired) electrons. The number of fused-ring (bicyclic) bond motifs is 1. The molecule has 0 spiro atoms. The van der Waals surface area contributed by atoms with Crippen LogP contribution in [0.25, 0.3) is 11.4 Å². The molecule has 0 saturated carbocycles. The second kappa shape index (κ2) is 4.35. The molecule has 0 atom stereocenters. The second-order valence-corrected chi connectivity index (χ2v) is 5.13. The number of hydrogen-bond acceptors (Lipinski definition) is 3. The van der Waals surface area contributed by atoms with Gasteiger partial charge in [-0.3, -0.25) is 4.68 Å². The normalized spacial score (nSPS) is 14.6. The van der Waals surface area contributed by atoms with Crippen LogP contribution in [0.3, 0.4) is 0 Å². The van der Waals surface area contributed by atoms with Crippen LogP contribution in [0.4, 0.5) is 0 Å². The zero-order valence-corrected chi connectivity index (χ0v) is 11.3. The van der Waals surface area contributed by atoms with Crippen molar-refractivity contribution in [1.29, 1.82) is 0 Å². The molecule has 94 valence electrons. The highest BCUT2D eigenvalue weighted by molar-refractivity contribution is 6.30. The van der Waals surface area contributed by atoms with Crippen molar-refractivity contribution in [1.82, 2.24) is 19.7 Å². The van der Waals surface area contributed by atoms with Crippen molar-refractivity contribution in [2.45, 2.75) is 32.6 Å². The minimum Gasteiger partial charge on any atom is -0.275 e. The molecule has 0 N–H and O–H groups in total. The van der Waals surface area contributed by atoms with E-state index in [1.165, 1.54) is 12.8 Å². The molecular formula is C13H15ClN4. The lowest BCUT2D eigenvalue weighted by Crippen LogP contribution is -2.08. The van der Waals surface area contributed by atoms with E-state index in [-0.39, 0.29) is 0 Å². The fourth-order valence-corrected chi connectivity index (χ4v) is 2.77. The van der Waals surface area contributed by atoms with Gasteiger partial charge in [0.15, 0.2) is 5.82 Å². The van der Waals surface area contributed by atoms with E-state index in [1.54, 1.807) is 4.68 Å². The molecule has 4 nitrogen and oxygen atoms in total. The fourth-order valence-electron chi connectivity index (χ4n) is 2.49. The van der Waals surface area contributed by atoms with Gasteiger partial charge in [0.05, 0.1) is 11.3 Å². The summed E-state index contributed by atoms with van der Waals surface area (Å²) in [5, 5.41) is 4.93. The van der Waals surface area contributed by atoms with Crippen LogP contribution in [0.1, 0.15) is 29.8 Å². The summed E-state index contributed by atoms with van der Waals surface area (Å²) in [6.45, 7) is 1.96. The summed E-state index contributed by atoms with van der Waals surface area (Å²) < 4.78 is 1.78. The summed E-state index contributed by atoms with van der Waals surface area (Å²) in [5.74, 6) is 0.700. The molecule has 3 rings (SSSR count). The topological polar surface area (TPSA) is 43.6 Å². The van der Waals surface area contributed by atoms with Crippen LogP contribution in [0, 0.1) is 6.92 Å². The average Bonchev–Trinajstić information content (AvgIpc) is 2.68. The summed E-state index contributed by atoms with van der Waals surface area (Å²) in [6, 6.07) is 0. The lowest BCUT2D eigenvalue weighted by molar-refractivity contribution is 0.663. The van der Waals surface area contributed by atoms with Gasteiger partial charge in [-0.05, 0) is 32.6 Å². The number of aryl methyl sites for hydroxylation is 3. The maximum absolute atomic E-state index is 6.28. The molecule has 0 aliphatic heterocycles. The number of aromatic nitrogens is 4. The predicted octanol–water partition coefficient (Wildman–Crippen LogP) is 2.72. The molecule has 2 heterocycles. The summed E-state index contributed by atoms with van der Waals surface area (Å²) in [4.78, 5) is 9.10. The van der Waals surface area contributed by atoms with Crippen molar-refractivity contribution in [2.24, 2.45) is 7.05 Å². The summed E-state index contributed by atoms with van der Waals surface area (Å²) >= 11 is 6.28. The van der Waals surface area contributed by atoms with E-state index in [0.717, 1.165) is 35.4 Å². The SMILES string of the molecule is Cc1nn(C)cc1-c1nc(Cl)c2c(n1)CCCC2. The Morgan fingerprint density at radius 1 is 1.22 bits per heavy atom. The van der Waals surface area contributed by atoms with Gasteiger partial charge in [-0.15, -0.1) is 0 Å². The average molecular weight is 263 g/mol. The highest BCUT2D eigenvalue weighted by Crippen LogP contribution is 2.28. The van der Waals surface area contributed by atoms with Gasteiger partial charge in [0.2, 0.25) is 0 Å². The first-order valence-electron chi connectivity index (χ1n) is 6.21. The monoisotopic (exact) mass is 262 g/mol. The minimum absolute atomic E-state index is 0.609. The lowest BCUT2D eigenvalue weighted by atomic mass is 9.97. The Bertz CT molecular complexity index is 603. The van der Waals surface area contributed by atoms with Gasteiger partial charge in [0.1, 0.15) is 5.15 Å². The minimum atomic E-state index is 0.609. The highest BCUT2D eigenvalue weighted by atomic mass is 35.5. The third-order valence-electron chi connectivity index (χ3n) is 3.39. The predicted molar refractivity (Wildman–Crippen MR) is 70.6 cm³/mol. The maximum Gasteiger partial charge on any atom is 0.164 e. The van der Waals surface area contributed by atoms with E-state index in [0.29, 0.717) is 11.0 Å². The van der Waals surface area contributed by atoms with Gasteiger partial charge in [0, 0.05) is 24.5 Å². The Hall–Kier alpha value is -1.42. The van der Waals surface area contributed by atoms with E-state index >= 15 is 0 Å². The fraction of sp³-hybridized carbons (Fsp3) is 0.462. The van der Waals surface area contributed by atoms with E-state index in [9.17, 15) is 0 Å². The van der Waals surface area contributed by atoms with Crippen LogP contribution in [-0.2, 0) is 19.9 Å². The zero-order chi connectivity index (χ0) is 12.7. The molecule has 2 aromatic rings. The zero-order valence-electron chi connectivity index (χ0n) is 10.6. The Labute approximate surface area is 111 Å². The number of hydrogen-bond donors (Lipinski definition) is 0. The van der Waals surface area contributed by atoms with Crippen LogP contribution >= 0.6 is 11.6 Å². The smallest absolute Gasteiger partial charge is 0.164 e. The molecule has 18 heavy (non-hydrogen) atoms. The first kappa shape index (κ1) is 11.7. The molecule has 2 aromatic heterocycles. The van der Waals surface area contributed by atoms with Crippen molar-refractivity contribution >= 4 is 11.6 Å². The Kier molecular flexibility index (Phi) is 2.82. The Balaban J connectivity index is 2.13. The van der Waals surface area contributed by atoms with Gasteiger partial charge in [-0.1, -0.05) is 11.6 Å². The number of halogens is 1. The first-order valence-corrected chi connectivity index (χ1v) is 6.59. The van der Waals surface area contributed by atoms with Gasteiger partial charge >= 0.3 is 0 Å². The number of nitrogens with zero attached hydrogens (tertiary/aromatic N) is 4. The van der Waals surface area contributed by atoms with Gasteiger partial charge in [0.25, 0.3) is 0 Å². The van der Waals surface area contributed by atoms with Crippen molar-refractivity contribution in [2.75, 3.05) is 0 Å². The van der Waals surface area contributed by atoms with Crippen molar-refractivity contribution < 1.29 is 0 Å². The third-order valence-corrected chi connectivity index (χ3v) is 3.70. The van der Waals surface area contributed by atoms with Gasteiger partial charge in [-0.25, -0.2) is 9.97 Å². The maximum atomic E-state index is 6.28. The standard InChI is InChI=1S/C13H15ClN4/c1-8-10(7-18(2)17-8)13-15-11-6-4-3-5-9(11)12(14)16-13/h7H,3-6H2,1-2H3. The molecule has 1 aliphatic carbocycles. The number of rotatable bonds is 1. The van der Waals surface area contributed by atoms with Crippen LogP contribution in [0.5, 0.6) is 0 Å².